The van der Waals surface area contributed by atoms with Crippen LogP contribution in [0.1, 0.15) is 17.0 Å². The van der Waals surface area contributed by atoms with Gasteiger partial charge in [-0.25, -0.2) is 9.55 Å². The Morgan fingerprint density at radius 3 is 2.53 bits per heavy atom. The smallest absolute Gasteiger partial charge is 0.215 e. The molecule has 3 heteroatoms. The second-order valence-electron chi connectivity index (χ2n) is 8.07. The van der Waals surface area contributed by atoms with Crippen molar-refractivity contribution in [1.29, 1.82) is 0 Å². The van der Waals surface area contributed by atoms with E-state index in [1.165, 1.54) is 44.7 Å². The molecule has 0 bridgehead atoms. The third-order valence-electron chi connectivity index (χ3n) is 6.19. The first-order valence-corrected chi connectivity index (χ1v) is 10.4. The highest BCUT2D eigenvalue weighted by atomic mass is 15.1. The molecular weight excluding hydrogens is 366 g/mol. The molecule has 0 aliphatic carbocycles. The van der Waals surface area contributed by atoms with Crippen LogP contribution in [-0.2, 0) is 13.5 Å². The fourth-order valence-corrected chi connectivity index (χ4v) is 4.69. The van der Waals surface area contributed by atoms with E-state index in [0.29, 0.717) is 0 Å². The van der Waals surface area contributed by atoms with Gasteiger partial charge in [-0.15, -0.1) is 0 Å². The van der Waals surface area contributed by atoms with Gasteiger partial charge in [0, 0.05) is 18.6 Å². The standard InChI is InChI=1S/C27H22N3/c1-18-12-13-22-27(30-23-11-7-6-10-21(23)17-25(30)28-22)26(18)24-16-20(14-15-29(24)2)19-8-4-3-5-9-19/h3-16H,17H2,1-2H3/q+1. The Balaban J connectivity index is 1.67. The minimum Gasteiger partial charge on any atom is -0.295 e. The Morgan fingerprint density at radius 2 is 1.67 bits per heavy atom. The van der Waals surface area contributed by atoms with Gasteiger partial charge in [-0.3, -0.25) is 4.57 Å². The summed E-state index contributed by atoms with van der Waals surface area (Å²) >= 11 is 0. The van der Waals surface area contributed by atoms with Crippen LogP contribution in [0.15, 0.2) is 85.1 Å². The summed E-state index contributed by atoms with van der Waals surface area (Å²) < 4.78 is 4.58. The molecule has 0 amide bonds. The monoisotopic (exact) mass is 388 g/mol. The Morgan fingerprint density at radius 1 is 0.867 bits per heavy atom. The van der Waals surface area contributed by atoms with Crippen molar-refractivity contribution in [1.82, 2.24) is 9.55 Å². The van der Waals surface area contributed by atoms with E-state index in [0.717, 1.165) is 17.8 Å². The number of pyridine rings is 1. The van der Waals surface area contributed by atoms with Crippen molar-refractivity contribution in [3.05, 3.63) is 102 Å². The number of benzene rings is 3. The SMILES string of the molecule is Cc1ccc2nc3n(c2c1-c1cc(-c2ccccc2)cc[n+]1C)-c1ccccc1C3. The topological polar surface area (TPSA) is 21.7 Å². The second kappa shape index (κ2) is 6.39. The zero-order valence-corrected chi connectivity index (χ0v) is 17.1. The van der Waals surface area contributed by atoms with Crippen LogP contribution in [0, 0.1) is 6.92 Å². The molecule has 1 aliphatic heterocycles. The van der Waals surface area contributed by atoms with Crippen LogP contribution in [0.5, 0.6) is 0 Å². The van der Waals surface area contributed by atoms with Crippen molar-refractivity contribution in [2.75, 3.05) is 0 Å². The Labute approximate surface area is 175 Å². The lowest BCUT2D eigenvalue weighted by atomic mass is 9.99. The third kappa shape index (κ3) is 2.45. The molecule has 3 nitrogen and oxygen atoms in total. The Hall–Kier alpha value is -3.72. The highest BCUT2D eigenvalue weighted by Crippen LogP contribution is 2.38. The first kappa shape index (κ1) is 17.2. The van der Waals surface area contributed by atoms with E-state index < -0.39 is 0 Å². The summed E-state index contributed by atoms with van der Waals surface area (Å²) in [4.78, 5) is 5.00. The van der Waals surface area contributed by atoms with E-state index in [2.05, 4.69) is 108 Å². The van der Waals surface area contributed by atoms with Gasteiger partial charge in [-0.1, -0.05) is 54.6 Å². The quantitative estimate of drug-likeness (QED) is 0.364. The number of para-hydroxylation sites is 1. The Kier molecular flexibility index (Phi) is 3.66. The van der Waals surface area contributed by atoms with E-state index in [1.807, 2.05) is 0 Å². The van der Waals surface area contributed by atoms with Gasteiger partial charge < -0.3 is 0 Å². The Bertz CT molecular complexity index is 1430. The van der Waals surface area contributed by atoms with Crippen molar-refractivity contribution in [2.24, 2.45) is 7.05 Å². The lowest BCUT2D eigenvalue weighted by Crippen LogP contribution is -2.30. The molecule has 3 heterocycles. The van der Waals surface area contributed by atoms with Crippen molar-refractivity contribution in [3.63, 3.8) is 0 Å². The minimum atomic E-state index is 0.888. The zero-order chi connectivity index (χ0) is 20.2. The van der Waals surface area contributed by atoms with Crippen LogP contribution in [0.25, 0.3) is 39.1 Å². The van der Waals surface area contributed by atoms with Crippen LogP contribution >= 0.6 is 0 Å². The lowest BCUT2D eigenvalue weighted by Gasteiger charge is -2.11. The molecule has 0 unspecified atom stereocenters. The molecule has 0 fully saturated rings. The number of hydrogen-bond donors (Lipinski definition) is 0. The van der Waals surface area contributed by atoms with E-state index >= 15 is 0 Å². The fraction of sp³-hybridized carbons (Fsp3) is 0.111. The zero-order valence-electron chi connectivity index (χ0n) is 17.1. The van der Waals surface area contributed by atoms with E-state index in [-0.39, 0.29) is 0 Å². The third-order valence-corrected chi connectivity index (χ3v) is 6.19. The summed E-state index contributed by atoms with van der Waals surface area (Å²) in [6, 6.07) is 28.1. The van der Waals surface area contributed by atoms with Gasteiger partial charge in [0.15, 0.2) is 6.20 Å². The predicted molar refractivity (Wildman–Crippen MR) is 121 cm³/mol. The molecule has 30 heavy (non-hydrogen) atoms. The van der Waals surface area contributed by atoms with Gasteiger partial charge in [0.05, 0.1) is 22.3 Å². The molecular formula is C27H22N3+. The molecule has 0 saturated carbocycles. The molecule has 144 valence electrons. The highest BCUT2D eigenvalue weighted by molar-refractivity contribution is 5.95. The summed E-state index contributed by atoms with van der Waals surface area (Å²) in [5, 5.41) is 0. The van der Waals surface area contributed by atoms with Gasteiger partial charge in [0.1, 0.15) is 12.9 Å². The van der Waals surface area contributed by atoms with Crippen LogP contribution in [0.4, 0.5) is 0 Å². The molecule has 0 N–H and O–H groups in total. The maximum atomic E-state index is 5.00. The molecule has 1 aliphatic rings. The van der Waals surface area contributed by atoms with Crippen LogP contribution < -0.4 is 4.57 Å². The van der Waals surface area contributed by atoms with Gasteiger partial charge in [0.2, 0.25) is 5.69 Å². The number of hydrogen-bond acceptors (Lipinski definition) is 1. The average Bonchev–Trinajstić information content (AvgIpc) is 3.31. The number of aryl methyl sites for hydroxylation is 2. The largest absolute Gasteiger partial charge is 0.295 e. The van der Waals surface area contributed by atoms with Gasteiger partial charge in [0.25, 0.3) is 0 Å². The van der Waals surface area contributed by atoms with Crippen molar-refractivity contribution in [2.45, 2.75) is 13.3 Å². The molecule has 3 aromatic carbocycles. The van der Waals surface area contributed by atoms with Crippen LogP contribution in [0.2, 0.25) is 0 Å². The molecule has 2 aromatic heterocycles. The summed E-state index contributed by atoms with van der Waals surface area (Å²) in [5.41, 5.74) is 11.0. The molecule has 0 radical (unpaired) electrons. The number of nitrogens with zero attached hydrogens (tertiary/aromatic N) is 3. The minimum absolute atomic E-state index is 0.888. The first-order chi connectivity index (χ1) is 14.7. The maximum absolute atomic E-state index is 5.00. The van der Waals surface area contributed by atoms with Gasteiger partial charge in [-0.2, -0.15) is 0 Å². The van der Waals surface area contributed by atoms with E-state index in [9.17, 15) is 0 Å². The normalized spacial score (nSPS) is 12.2. The molecule has 6 rings (SSSR count). The van der Waals surface area contributed by atoms with Crippen molar-refractivity contribution < 1.29 is 4.57 Å². The number of imidazole rings is 1. The first-order valence-electron chi connectivity index (χ1n) is 10.4. The van der Waals surface area contributed by atoms with E-state index in [4.69, 9.17) is 4.98 Å². The van der Waals surface area contributed by atoms with Crippen molar-refractivity contribution >= 4 is 11.0 Å². The molecule has 5 aromatic rings. The van der Waals surface area contributed by atoms with E-state index in [1.54, 1.807) is 0 Å². The fourth-order valence-electron chi connectivity index (χ4n) is 4.69. The average molecular weight is 388 g/mol. The molecule has 0 saturated heterocycles. The second-order valence-corrected chi connectivity index (χ2v) is 8.07. The summed E-state index contributed by atoms with van der Waals surface area (Å²) in [7, 11) is 2.12. The predicted octanol–water partition coefficient (Wildman–Crippen LogP) is 5.40. The summed E-state index contributed by atoms with van der Waals surface area (Å²) in [6.07, 6.45) is 3.05. The molecule has 0 spiro atoms. The number of fused-ring (bicyclic) bond motifs is 5. The number of aromatic nitrogens is 3. The summed E-state index contributed by atoms with van der Waals surface area (Å²) in [6.45, 7) is 2.20. The lowest BCUT2D eigenvalue weighted by molar-refractivity contribution is -0.660. The van der Waals surface area contributed by atoms with Crippen LogP contribution in [0.3, 0.4) is 0 Å². The molecule has 0 atom stereocenters. The number of rotatable bonds is 2. The summed E-state index contributed by atoms with van der Waals surface area (Å²) in [5.74, 6) is 1.12. The highest BCUT2D eigenvalue weighted by Gasteiger charge is 2.27. The van der Waals surface area contributed by atoms with Gasteiger partial charge >= 0.3 is 0 Å². The maximum Gasteiger partial charge on any atom is 0.215 e. The van der Waals surface area contributed by atoms with Crippen LogP contribution in [-0.4, -0.2) is 9.55 Å². The van der Waals surface area contributed by atoms with Crippen molar-refractivity contribution in [3.8, 4) is 28.1 Å². The van der Waals surface area contributed by atoms with Gasteiger partial charge in [-0.05, 0) is 41.3 Å².